The SMILES string of the molecule is COc1cccc(CN2CCCN(C(C)=O)c3ccccc3CN(CC(=O)N3CCCCC3C)CC2)c1. The highest BCUT2D eigenvalue weighted by atomic mass is 16.5. The van der Waals surface area contributed by atoms with Gasteiger partial charge in [0, 0.05) is 64.5 Å². The van der Waals surface area contributed by atoms with Crippen molar-refractivity contribution in [3.8, 4) is 5.75 Å². The Kier molecular flexibility index (Phi) is 9.58. The number of hydrogen-bond donors (Lipinski definition) is 0. The van der Waals surface area contributed by atoms with E-state index in [0.29, 0.717) is 25.7 Å². The molecule has 2 heterocycles. The van der Waals surface area contributed by atoms with E-state index < -0.39 is 0 Å². The second kappa shape index (κ2) is 13.1. The fourth-order valence-corrected chi connectivity index (χ4v) is 5.60. The Balaban J connectivity index is 1.57. The van der Waals surface area contributed by atoms with Crippen molar-refractivity contribution in [2.24, 2.45) is 0 Å². The van der Waals surface area contributed by atoms with Crippen LogP contribution in [0.4, 0.5) is 5.69 Å². The van der Waals surface area contributed by atoms with Gasteiger partial charge in [0.15, 0.2) is 0 Å². The van der Waals surface area contributed by atoms with Crippen molar-refractivity contribution in [1.82, 2.24) is 14.7 Å². The Morgan fingerprint density at radius 3 is 2.51 bits per heavy atom. The Bertz CT molecular complexity index is 1060. The molecule has 2 aliphatic heterocycles. The maximum absolute atomic E-state index is 13.4. The van der Waals surface area contributed by atoms with Gasteiger partial charge in [-0.25, -0.2) is 0 Å². The first kappa shape index (κ1) is 27.1. The number of ether oxygens (including phenoxy) is 1. The molecule has 2 aliphatic rings. The minimum absolute atomic E-state index is 0.0517. The first-order valence-corrected chi connectivity index (χ1v) is 13.7. The quantitative estimate of drug-likeness (QED) is 0.610. The summed E-state index contributed by atoms with van der Waals surface area (Å²) in [5.74, 6) is 1.12. The number of anilines is 1. The second-order valence-corrected chi connectivity index (χ2v) is 10.4. The standard InChI is InChI=1S/C30H42N4O3/c1-24-10-6-7-16-33(24)30(36)23-32-19-18-31(21-26-11-8-13-28(20-26)37-3)15-9-17-34(25(2)35)29-14-5-4-12-27(29)22-32/h4-5,8,11-14,20,24H,6-7,9-10,15-19,21-23H2,1-3H3. The largest absolute Gasteiger partial charge is 0.497 e. The number of methoxy groups -OCH3 is 1. The Morgan fingerprint density at radius 2 is 1.73 bits per heavy atom. The molecule has 37 heavy (non-hydrogen) atoms. The van der Waals surface area contributed by atoms with Crippen molar-refractivity contribution in [3.05, 3.63) is 59.7 Å². The van der Waals surface area contributed by atoms with Gasteiger partial charge >= 0.3 is 0 Å². The zero-order valence-corrected chi connectivity index (χ0v) is 22.7. The third-order valence-corrected chi connectivity index (χ3v) is 7.67. The normalized spacial score (nSPS) is 20.1. The van der Waals surface area contributed by atoms with Crippen molar-refractivity contribution in [2.45, 2.75) is 58.7 Å². The topological polar surface area (TPSA) is 56.3 Å². The first-order valence-electron chi connectivity index (χ1n) is 13.7. The number of carbonyl (C=O) groups is 2. The van der Waals surface area contributed by atoms with Crippen LogP contribution in [0.3, 0.4) is 0 Å². The van der Waals surface area contributed by atoms with E-state index in [1.165, 1.54) is 12.0 Å². The van der Waals surface area contributed by atoms with Gasteiger partial charge in [-0.1, -0.05) is 30.3 Å². The monoisotopic (exact) mass is 506 g/mol. The summed E-state index contributed by atoms with van der Waals surface area (Å²) in [4.78, 5) is 34.8. The second-order valence-electron chi connectivity index (χ2n) is 10.4. The number of benzene rings is 2. The van der Waals surface area contributed by atoms with E-state index in [1.807, 2.05) is 35.2 Å². The average molecular weight is 507 g/mol. The smallest absolute Gasteiger partial charge is 0.236 e. The molecule has 7 heteroatoms. The molecule has 2 amide bonds. The maximum Gasteiger partial charge on any atom is 0.236 e. The molecule has 7 nitrogen and oxygen atoms in total. The highest BCUT2D eigenvalue weighted by Crippen LogP contribution is 2.25. The van der Waals surface area contributed by atoms with Gasteiger partial charge in [0.25, 0.3) is 0 Å². The van der Waals surface area contributed by atoms with E-state index in [4.69, 9.17) is 4.74 Å². The maximum atomic E-state index is 13.4. The molecule has 1 atom stereocenters. The molecule has 200 valence electrons. The summed E-state index contributed by atoms with van der Waals surface area (Å²) in [6, 6.07) is 16.7. The molecule has 1 saturated heterocycles. The van der Waals surface area contributed by atoms with Crippen molar-refractivity contribution in [1.29, 1.82) is 0 Å². The number of nitrogens with zero attached hydrogens (tertiary/aromatic N) is 4. The van der Waals surface area contributed by atoms with E-state index >= 15 is 0 Å². The van der Waals surface area contributed by atoms with Gasteiger partial charge in [-0.05, 0) is 61.9 Å². The zero-order valence-electron chi connectivity index (χ0n) is 22.7. The fraction of sp³-hybridized carbons (Fsp3) is 0.533. The molecule has 2 aromatic rings. The average Bonchev–Trinajstić information content (AvgIpc) is 2.92. The number of fused-ring (bicyclic) bond motifs is 1. The third-order valence-electron chi connectivity index (χ3n) is 7.67. The predicted octanol–water partition coefficient (Wildman–Crippen LogP) is 4.16. The van der Waals surface area contributed by atoms with Crippen LogP contribution < -0.4 is 9.64 Å². The number of amides is 2. The van der Waals surface area contributed by atoms with Gasteiger partial charge in [0.1, 0.15) is 5.75 Å². The lowest BCUT2D eigenvalue weighted by Gasteiger charge is -2.35. The van der Waals surface area contributed by atoms with Gasteiger partial charge < -0.3 is 14.5 Å². The summed E-state index contributed by atoms with van der Waals surface area (Å²) < 4.78 is 5.43. The van der Waals surface area contributed by atoms with Gasteiger partial charge in [-0.3, -0.25) is 19.4 Å². The molecule has 0 bridgehead atoms. The van der Waals surface area contributed by atoms with Crippen LogP contribution in [0.1, 0.15) is 50.7 Å². The number of rotatable bonds is 5. The Morgan fingerprint density at radius 1 is 0.919 bits per heavy atom. The lowest BCUT2D eigenvalue weighted by atomic mass is 10.0. The molecule has 0 saturated carbocycles. The molecule has 0 N–H and O–H groups in total. The van der Waals surface area contributed by atoms with Crippen molar-refractivity contribution < 1.29 is 14.3 Å². The minimum Gasteiger partial charge on any atom is -0.497 e. The van der Waals surface area contributed by atoms with Crippen LogP contribution >= 0.6 is 0 Å². The third kappa shape index (κ3) is 7.33. The Labute approximate surface area is 222 Å². The van der Waals surface area contributed by atoms with Crippen LogP contribution in [0.15, 0.2) is 48.5 Å². The number of carbonyl (C=O) groups excluding carboxylic acids is 2. The summed E-state index contributed by atoms with van der Waals surface area (Å²) in [6.45, 7) is 9.67. The van der Waals surface area contributed by atoms with E-state index in [9.17, 15) is 9.59 Å². The summed E-state index contributed by atoms with van der Waals surface area (Å²) >= 11 is 0. The van der Waals surface area contributed by atoms with Crippen LogP contribution in [0, 0.1) is 0 Å². The molecule has 2 aromatic carbocycles. The lowest BCUT2D eigenvalue weighted by molar-refractivity contribution is -0.135. The molecule has 1 unspecified atom stereocenters. The molecular weight excluding hydrogens is 464 g/mol. The molecule has 1 fully saturated rings. The van der Waals surface area contributed by atoms with Gasteiger partial charge in [-0.2, -0.15) is 0 Å². The number of piperidine rings is 1. The number of likely N-dealkylation sites (tertiary alicyclic amines) is 1. The summed E-state index contributed by atoms with van der Waals surface area (Å²) in [7, 11) is 1.69. The van der Waals surface area contributed by atoms with Crippen LogP contribution in [0.5, 0.6) is 5.75 Å². The molecule has 4 rings (SSSR count). The summed E-state index contributed by atoms with van der Waals surface area (Å²) in [6.07, 6.45) is 4.24. The van der Waals surface area contributed by atoms with E-state index in [-0.39, 0.29) is 11.8 Å². The van der Waals surface area contributed by atoms with E-state index in [0.717, 1.165) is 69.0 Å². The number of hydrogen-bond acceptors (Lipinski definition) is 5. The molecular formula is C30H42N4O3. The predicted molar refractivity (Wildman–Crippen MR) is 148 cm³/mol. The summed E-state index contributed by atoms with van der Waals surface area (Å²) in [5, 5.41) is 0. The first-order chi connectivity index (χ1) is 17.9. The highest BCUT2D eigenvalue weighted by molar-refractivity contribution is 5.92. The van der Waals surface area contributed by atoms with Crippen LogP contribution in [0.25, 0.3) is 0 Å². The van der Waals surface area contributed by atoms with E-state index in [2.05, 4.69) is 39.8 Å². The fourth-order valence-electron chi connectivity index (χ4n) is 5.60. The zero-order chi connectivity index (χ0) is 26.2. The molecule has 0 aromatic heterocycles. The van der Waals surface area contributed by atoms with Gasteiger partial charge in [-0.15, -0.1) is 0 Å². The lowest BCUT2D eigenvalue weighted by Crippen LogP contribution is -2.47. The van der Waals surface area contributed by atoms with Crippen LogP contribution in [-0.2, 0) is 22.7 Å². The van der Waals surface area contributed by atoms with Crippen molar-refractivity contribution >= 4 is 17.5 Å². The van der Waals surface area contributed by atoms with E-state index in [1.54, 1.807) is 14.0 Å². The molecule has 0 aliphatic carbocycles. The van der Waals surface area contributed by atoms with Gasteiger partial charge in [0.05, 0.1) is 13.7 Å². The molecule has 0 spiro atoms. The number of para-hydroxylation sites is 1. The highest BCUT2D eigenvalue weighted by Gasteiger charge is 2.26. The van der Waals surface area contributed by atoms with Crippen molar-refractivity contribution in [2.75, 3.05) is 51.3 Å². The van der Waals surface area contributed by atoms with Gasteiger partial charge in [0.2, 0.25) is 11.8 Å². The Hall–Kier alpha value is -2.90. The molecule has 0 radical (unpaired) electrons. The van der Waals surface area contributed by atoms with Crippen LogP contribution in [-0.4, -0.2) is 78.9 Å². The van der Waals surface area contributed by atoms with Crippen molar-refractivity contribution in [3.63, 3.8) is 0 Å². The minimum atomic E-state index is 0.0517. The summed E-state index contributed by atoms with van der Waals surface area (Å²) in [5.41, 5.74) is 3.25. The van der Waals surface area contributed by atoms with Crippen LogP contribution in [0.2, 0.25) is 0 Å².